The third-order valence-electron chi connectivity index (χ3n) is 4.33. The van der Waals surface area contributed by atoms with Crippen LogP contribution in [0.1, 0.15) is 16.0 Å². The van der Waals surface area contributed by atoms with Crippen LogP contribution in [0.25, 0.3) is 10.2 Å². The predicted octanol–water partition coefficient (Wildman–Crippen LogP) is 2.75. The van der Waals surface area contributed by atoms with Crippen molar-refractivity contribution in [2.24, 2.45) is 0 Å². The average molecular weight is 328 g/mol. The van der Waals surface area contributed by atoms with Crippen LogP contribution in [0, 0.1) is 11.2 Å². The molecule has 4 nitrogen and oxygen atoms in total. The van der Waals surface area contributed by atoms with Gasteiger partial charge in [0, 0.05) is 18.0 Å². The van der Waals surface area contributed by atoms with Gasteiger partial charge in [0.1, 0.15) is 16.1 Å². The number of likely N-dealkylation sites (N-methyl/N-ethyl adjacent to an activating group) is 1. The van der Waals surface area contributed by atoms with E-state index in [1.54, 1.807) is 29.8 Å². The summed E-state index contributed by atoms with van der Waals surface area (Å²) in [7, 11) is 2.12. The molecular formula is C17H17FN4S. The Balaban J connectivity index is 1.78. The number of nitrogens with one attached hydrogen (secondary N) is 1. The van der Waals surface area contributed by atoms with Gasteiger partial charge in [0.05, 0.1) is 18.3 Å². The van der Waals surface area contributed by atoms with Gasteiger partial charge < -0.3 is 9.47 Å². The van der Waals surface area contributed by atoms with Crippen LogP contribution in [0.4, 0.5) is 4.39 Å². The molecule has 0 atom stereocenters. The summed E-state index contributed by atoms with van der Waals surface area (Å²) in [4.78, 5) is 9.13. The molecule has 23 heavy (non-hydrogen) atoms. The molecule has 1 aliphatic heterocycles. The summed E-state index contributed by atoms with van der Waals surface area (Å²) in [6.45, 7) is 2.49. The van der Waals surface area contributed by atoms with Crippen LogP contribution in [0.2, 0.25) is 0 Å². The van der Waals surface area contributed by atoms with Gasteiger partial charge in [-0.1, -0.05) is 12.1 Å². The zero-order valence-electron chi connectivity index (χ0n) is 12.8. The minimum Gasteiger partial charge on any atom is -0.312 e. The fraction of sp³-hybridized carbons (Fsp3) is 0.294. The van der Waals surface area contributed by atoms with Gasteiger partial charge in [-0.2, -0.15) is 0 Å². The van der Waals surface area contributed by atoms with E-state index in [1.165, 1.54) is 22.6 Å². The molecule has 0 aliphatic carbocycles. The summed E-state index contributed by atoms with van der Waals surface area (Å²) >= 11 is 1.70. The maximum absolute atomic E-state index is 13.0. The van der Waals surface area contributed by atoms with Crippen molar-refractivity contribution in [2.75, 3.05) is 13.6 Å². The molecule has 0 fully saturated rings. The van der Waals surface area contributed by atoms with Crippen molar-refractivity contribution in [3.05, 3.63) is 57.9 Å². The number of benzene rings is 1. The highest BCUT2D eigenvalue weighted by molar-refractivity contribution is 7.18. The van der Waals surface area contributed by atoms with E-state index in [2.05, 4.69) is 16.9 Å². The molecule has 3 aromatic rings. The van der Waals surface area contributed by atoms with Crippen molar-refractivity contribution in [1.29, 1.82) is 5.41 Å². The molecule has 6 heteroatoms. The Labute approximate surface area is 137 Å². The van der Waals surface area contributed by atoms with Crippen molar-refractivity contribution in [3.8, 4) is 0 Å². The number of hydrogen-bond donors (Lipinski definition) is 1. The first kappa shape index (κ1) is 14.5. The molecule has 1 aliphatic rings. The first-order chi connectivity index (χ1) is 11.1. The molecule has 2 aromatic heterocycles. The number of thiophene rings is 1. The Morgan fingerprint density at radius 3 is 2.87 bits per heavy atom. The van der Waals surface area contributed by atoms with Crippen molar-refractivity contribution < 1.29 is 4.39 Å². The van der Waals surface area contributed by atoms with E-state index >= 15 is 0 Å². The van der Waals surface area contributed by atoms with Crippen LogP contribution in [0.3, 0.4) is 0 Å². The van der Waals surface area contributed by atoms with E-state index in [0.29, 0.717) is 12.0 Å². The second-order valence-corrected chi connectivity index (χ2v) is 7.10. The van der Waals surface area contributed by atoms with Crippen LogP contribution in [-0.4, -0.2) is 28.0 Å². The molecule has 0 amide bonds. The lowest BCUT2D eigenvalue weighted by atomic mass is 10.1. The van der Waals surface area contributed by atoms with Gasteiger partial charge >= 0.3 is 0 Å². The summed E-state index contributed by atoms with van der Waals surface area (Å²) in [5.74, 6) is -0.241. The normalized spacial score (nSPS) is 15.0. The Hall–Kier alpha value is -2.05. The quantitative estimate of drug-likeness (QED) is 0.786. The lowest BCUT2D eigenvalue weighted by molar-refractivity contribution is 0.318. The van der Waals surface area contributed by atoms with Crippen molar-refractivity contribution in [2.45, 2.75) is 19.5 Å². The zero-order valence-corrected chi connectivity index (χ0v) is 13.7. The number of aromatic nitrogens is 2. The lowest BCUT2D eigenvalue weighted by Crippen LogP contribution is -2.27. The molecule has 0 saturated carbocycles. The Morgan fingerprint density at radius 1 is 1.30 bits per heavy atom. The van der Waals surface area contributed by atoms with E-state index in [0.717, 1.165) is 35.3 Å². The monoisotopic (exact) mass is 328 g/mol. The molecule has 0 spiro atoms. The van der Waals surface area contributed by atoms with Crippen LogP contribution in [0.5, 0.6) is 0 Å². The highest BCUT2D eigenvalue weighted by Gasteiger charge is 2.21. The molecule has 3 heterocycles. The van der Waals surface area contributed by atoms with Crippen LogP contribution in [0.15, 0.2) is 30.6 Å². The summed E-state index contributed by atoms with van der Waals surface area (Å²) < 4.78 is 14.9. The molecule has 4 rings (SSSR count). The first-order valence-corrected chi connectivity index (χ1v) is 8.41. The fourth-order valence-corrected chi connectivity index (χ4v) is 4.35. The van der Waals surface area contributed by atoms with Gasteiger partial charge in [-0.3, -0.25) is 5.41 Å². The van der Waals surface area contributed by atoms with E-state index in [1.807, 2.05) is 4.57 Å². The molecular weight excluding hydrogens is 311 g/mol. The Morgan fingerprint density at radius 2 is 2.09 bits per heavy atom. The minimum atomic E-state index is -0.241. The number of nitrogens with zero attached hydrogens (tertiary/aromatic N) is 3. The van der Waals surface area contributed by atoms with Gasteiger partial charge in [0.15, 0.2) is 0 Å². The van der Waals surface area contributed by atoms with Gasteiger partial charge in [-0.05, 0) is 36.7 Å². The Kier molecular flexibility index (Phi) is 3.50. The summed E-state index contributed by atoms with van der Waals surface area (Å²) in [5.41, 5.74) is 2.75. The van der Waals surface area contributed by atoms with Gasteiger partial charge in [0.2, 0.25) is 0 Å². The molecule has 0 unspecified atom stereocenters. The third-order valence-corrected chi connectivity index (χ3v) is 5.46. The van der Waals surface area contributed by atoms with E-state index in [4.69, 9.17) is 5.41 Å². The molecule has 1 aromatic carbocycles. The molecule has 1 N–H and O–H groups in total. The fourth-order valence-electron chi connectivity index (χ4n) is 3.08. The summed E-state index contributed by atoms with van der Waals surface area (Å²) in [6.07, 6.45) is 2.69. The summed E-state index contributed by atoms with van der Waals surface area (Å²) in [5, 5.41) is 9.57. The maximum Gasteiger partial charge on any atom is 0.136 e. The van der Waals surface area contributed by atoms with E-state index < -0.39 is 0 Å². The standard InChI is InChI=1S/C17H17FN4S/c1-21-7-6-13-14(9-21)23-17-15(13)16(19)22(10-20-17)8-11-2-4-12(18)5-3-11/h2-5,10,19H,6-9H2,1H3. The van der Waals surface area contributed by atoms with Crippen molar-refractivity contribution >= 4 is 21.6 Å². The lowest BCUT2D eigenvalue weighted by Gasteiger charge is -2.22. The topological polar surface area (TPSA) is 44.9 Å². The van der Waals surface area contributed by atoms with Gasteiger partial charge in [-0.25, -0.2) is 9.37 Å². The highest BCUT2D eigenvalue weighted by atomic mass is 32.1. The minimum absolute atomic E-state index is 0.241. The predicted molar refractivity (Wildman–Crippen MR) is 89.0 cm³/mol. The maximum atomic E-state index is 13.0. The number of hydrogen-bond acceptors (Lipinski definition) is 4. The van der Waals surface area contributed by atoms with Crippen LogP contribution >= 0.6 is 11.3 Å². The smallest absolute Gasteiger partial charge is 0.136 e. The zero-order chi connectivity index (χ0) is 16.0. The van der Waals surface area contributed by atoms with Gasteiger partial charge in [0.25, 0.3) is 0 Å². The average Bonchev–Trinajstić information content (AvgIpc) is 2.90. The van der Waals surface area contributed by atoms with Crippen LogP contribution < -0.4 is 5.49 Å². The molecule has 0 bridgehead atoms. The highest BCUT2D eigenvalue weighted by Crippen LogP contribution is 2.31. The van der Waals surface area contributed by atoms with E-state index in [-0.39, 0.29) is 5.82 Å². The summed E-state index contributed by atoms with van der Waals surface area (Å²) in [6, 6.07) is 6.41. The second kappa shape index (κ2) is 5.54. The second-order valence-electron chi connectivity index (χ2n) is 6.02. The number of halogens is 1. The molecule has 0 radical (unpaired) electrons. The first-order valence-electron chi connectivity index (χ1n) is 7.59. The SMILES string of the molecule is CN1CCc2c(sc3ncn(Cc4ccc(F)cc4)c(=N)c23)C1. The molecule has 0 saturated heterocycles. The number of rotatable bonds is 2. The third kappa shape index (κ3) is 2.58. The number of fused-ring (bicyclic) bond motifs is 3. The van der Waals surface area contributed by atoms with Crippen molar-refractivity contribution in [3.63, 3.8) is 0 Å². The van der Waals surface area contributed by atoms with Gasteiger partial charge in [-0.15, -0.1) is 11.3 Å². The van der Waals surface area contributed by atoms with E-state index in [9.17, 15) is 4.39 Å². The molecule has 118 valence electrons. The largest absolute Gasteiger partial charge is 0.312 e. The van der Waals surface area contributed by atoms with Crippen molar-refractivity contribution in [1.82, 2.24) is 14.5 Å². The van der Waals surface area contributed by atoms with Crippen LogP contribution in [-0.2, 0) is 19.5 Å². The Bertz CT molecular complexity index is 926.